The lowest BCUT2D eigenvalue weighted by atomic mass is 10.0. The molecule has 0 aliphatic heterocycles. The number of nitrogens with two attached hydrogens (primary N) is 1. The number of fused-ring (bicyclic) bond motifs is 1. The summed E-state index contributed by atoms with van der Waals surface area (Å²) in [6, 6.07) is 17.8. The molecule has 0 bridgehead atoms. The Morgan fingerprint density at radius 3 is 2.53 bits per heavy atom. The summed E-state index contributed by atoms with van der Waals surface area (Å²) in [5, 5.41) is 1.02. The van der Waals surface area contributed by atoms with Crippen LogP contribution in [-0.4, -0.2) is 12.1 Å². The monoisotopic (exact) mass is 250 g/mol. The first kappa shape index (κ1) is 11.5. The van der Waals surface area contributed by atoms with E-state index in [-0.39, 0.29) is 0 Å². The standard InChI is InChI=1S/C16H14N2O/c1-19-13-7-8-15-12(9-13)10-14(16(17)18-15)11-5-3-2-4-6-11/h2-10H,1H3,(H2,17,18). The van der Waals surface area contributed by atoms with Crippen molar-refractivity contribution in [2.24, 2.45) is 0 Å². The van der Waals surface area contributed by atoms with Gasteiger partial charge in [0.1, 0.15) is 11.6 Å². The van der Waals surface area contributed by atoms with E-state index in [0.29, 0.717) is 5.82 Å². The van der Waals surface area contributed by atoms with E-state index in [1.165, 1.54) is 0 Å². The molecule has 19 heavy (non-hydrogen) atoms. The maximum Gasteiger partial charge on any atom is 0.131 e. The molecule has 3 heteroatoms. The molecule has 0 radical (unpaired) electrons. The first-order valence-electron chi connectivity index (χ1n) is 6.07. The molecular weight excluding hydrogens is 236 g/mol. The molecule has 1 heterocycles. The third kappa shape index (κ3) is 2.10. The SMILES string of the molecule is COc1ccc2nc(N)c(-c3ccccc3)cc2c1. The number of aromatic nitrogens is 1. The zero-order chi connectivity index (χ0) is 13.2. The van der Waals surface area contributed by atoms with Crippen LogP contribution < -0.4 is 10.5 Å². The number of ether oxygens (including phenoxy) is 1. The van der Waals surface area contributed by atoms with E-state index in [1.807, 2.05) is 48.5 Å². The average molecular weight is 250 g/mol. The van der Waals surface area contributed by atoms with Crippen LogP contribution in [0.15, 0.2) is 54.6 Å². The van der Waals surface area contributed by atoms with E-state index >= 15 is 0 Å². The second-order valence-electron chi connectivity index (χ2n) is 4.35. The van der Waals surface area contributed by atoms with Gasteiger partial charge in [-0.3, -0.25) is 0 Å². The Morgan fingerprint density at radius 1 is 1.00 bits per heavy atom. The summed E-state index contributed by atoms with van der Waals surface area (Å²) in [5.74, 6) is 1.36. The number of benzene rings is 2. The second kappa shape index (κ2) is 4.61. The van der Waals surface area contributed by atoms with Gasteiger partial charge >= 0.3 is 0 Å². The summed E-state index contributed by atoms with van der Waals surface area (Å²) < 4.78 is 5.24. The van der Waals surface area contributed by atoms with Gasteiger partial charge < -0.3 is 10.5 Å². The minimum Gasteiger partial charge on any atom is -0.497 e. The normalized spacial score (nSPS) is 10.6. The molecule has 0 saturated heterocycles. The maximum absolute atomic E-state index is 6.05. The highest BCUT2D eigenvalue weighted by Crippen LogP contribution is 2.29. The van der Waals surface area contributed by atoms with Crippen molar-refractivity contribution in [3.05, 3.63) is 54.6 Å². The maximum atomic E-state index is 6.05. The fraction of sp³-hybridized carbons (Fsp3) is 0.0625. The lowest BCUT2D eigenvalue weighted by Crippen LogP contribution is -1.95. The quantitative estimate of drug-likeness (QED) is 0.757. The summed E-state index contributed by atoms with van der Waals surface area (Å²) >= 11 is 0. The predicted octanol–water partition coefficient (Wildman–Crippen LogP) is 3.49. The fourth-order valence-corrected chi connectivity index (χ4v) is 2.15. The highest BCUT2D eigenvalue weighted by Gasteiger charge is 2.06. The Bertz CT molecular complexity index is 723. The van der Waals surface area contributed by atoms with E-state index in [9.17, 15) is 0 Å². The number of hydrogen-bond acceptors (Lipinski definition) is 3. The Hall–Kier alpha value is -2.55. The number of pyridine rings is 1. The minimum atomic E-state index is 0.545. The van der Waals surface area contributed by atoms with Gasteiger partial charge in [0.25, 0.3) is 0 Å². The van der Waals surface area contributed by atoms with Gasteiger partial charge in [0.05, 0.1) is 12.6 Å². The van der Waals surface area contributed by atoms with E-state index in [1.54, 1.807) is 7.11 Å². The highest BCUT2D eigenvalue weighted by molar-refractivity contribution is 5.89. The van der Waals surface area contributed by atoms with Crippen LogP contribution in [0.4, 0.5) is 5.82 Å². The van der Waals surface area contributed by atoms with Crippen molar-refractivity contribution in [3.8, 4) is 16.9 Å². The summed E-state index contributed by atoms with van der Waals surface area (Å²) in [5.41, 5.74) is 8.93. The van der Waals surface area contributed by atoms with Crippen molar-refractivity contribution in [3.63, 3.8) is 0 Å². The smallest absolute Gasteiger partial charge is 0.131 e. The highest BCUT2D eigenvalue weighted by atomic mass is 16.5. The van der Waals surface area contributed by atoms with E-state index < -0.39 is 0 Å². The van der Waals surface area contributed by atoms with E-state index in [4.69, 9.17) is 10.5 Å². The van der Waals surface area contributed by atoms with Crippen molar-refractivity contribution >= 4 is 16.7 Å². The number of rotatable bonds is 2. The first-order valence-corrected chi connectivity index (χ1v) is 6.07. The molecule has 0 atom stereocenters. The molecule has 94 valence electrons. The van der Waals surface area contributed by atoms with Crippen LogP contribution in [0.2, 0.25) is 0 Å². The summed E-state index contributed by atoms with van der Waals surface area (Å²) in [4.78, 5) is 4.45. The van der Waals surface area contributed by atoms with Gasteiger partial charge in [0, 0.05) is 10.9 Å². The van der Waals surface area contributed by atoms with Crippen molar-refractivity contribution in [1.29, 1.82) is 0 Å². The third-order valence-corrected chi connectivity index (χ3v) is 3.14. The van der Waals surface area contributed by atoms with Crippen LogP contribution in [-0.2, 0) is 0 Å². The molecule has 0 unspecified atom stereocenters. The molecule has 3 rings (SSSR count). The Balaban J connectivity index is 2.23. The van der Waals surface area contributed by atoms with Crippen LogP contribution >= 0.6 is 0 Å². The predicted molar refractivity (Wildman–Crippen MR) is 78.1 cm³/mol. The second-order valence-corrected chi connectivity index (χ2v) is 4.35. The summed E-state index contributed by atoms with van der Waals surface area (Å²) in [6.07, 6.45) is 0. The van der Waals surface area contributed by atoms with Crippen molar-refractivity contribution in [2.75, 3.05) is 12.8 Å². The third-order valence-electron chi connectivity index (χ3n) is 3.14. The largest absolute Gasteiger partial charge is 0.497 e. The zero-order valence-electron chi connectivity index (χ0n) is 10.6. The van der Waals surface area contributed by atoms with Gasteiger partial charge in [-0.2, -0.15) is 0 Å². The van der Waals surface area contributed by atoms with Crippen LogP contribution in [0, 0.1) is 0 Å². The Morgan fingerprint density at radius 2 is 1.79 bits per heavy atom. The first-order chi connectivity index (χ1) is 9.28. The number of hydrogen-bond donors (Lipinski definition) is 1. The molecule has 0 fully saturated rings. The molecule has 0 amide bonds. The van der Waals surface area contributed by atoms with Crippen LogP contribution in [0.25, 0.3) is 22.0 Å². The van der Waals surface area contributed by atoms with Gasteiger partial charge in [-0.05, 0) is 29.8 Å². The minimum absolute atomic E-state index is 0.545. The average Bonchev–Trinajstić information content (AvgIpc) is 2.47. The fourth-order valence-electron chi connectivity index (χ4n) is 2.15. The van der Waals surface area contributed by atoms with Crippen LogP contribution in [0.1, 0.15) is 0 Å². The summed E-state index contributed by atoms with van der Waals surface area (Å²) in [7, 11) is 1.66. The van der Waals surface area contributed by atoms with Gasteiger partial charge in [-0.25, -0.2) is 4.98 Å². The van der Waals surface area contributed by atoms with Gasteiger partial charge in [-0.1, -0.05) is 30.3 Å². The molecular formula is C16H14N2O. The van der Waals surface area contributed by atoms with Gasteiger partial charge in [-0.15, -0.1) is 0 Å². The molecule has 0 aliphatic rings. The van der Waals surface area contributed by atoms with Gasteiger partial charge in [0.2, 0.25) is 0 Å². The van der Waals surface area contributed by atoms with Gasteiger partial charge in [0.15, 0.2) is 0 Å². The molecule has 0 saturated carbocycles. The number of nitrogens with zero attached hydrogens (tertiary/aromatic N) is 1. The topological polar surface area (TPSA) is 48.1 Å². The molecule has 3 aromatic rings. The van der Waals surface area contributed by atoms with Crippen molar-refractivity contribution in [1.82, 2.24) is 4.98 Å². The molecule has 0 spiro atoms. The Labute approximate surface area is 111 Å². The zero-order valence-corrected chi connectivity index (χ0v) is 10.6. The van der Waals surface area contributed by atoms with Crippen molar-refractivity contribution < 1.29 is 4.74 Å². The molecule has 1 aromatic heterocycles. The van der Waals surface area contributed by atoms with E-state index in [2.05, 4.69) is 11.1 Å². The number of nitrogen functional groups attached to an aromatic ring is 1. The lowest BCUT2D eigenvalue weighted by molar-refractivity contribution is 0.415. The van der Waals surface area contributed by atoms with E-state index in [0.717, 1.165) is 27.8 Å². The molecule has 0 aliphatic carbocycles. The molecule has 2 N–H and O–H groups in total. The van der Waals surface area contributed by atoms with Crippen LogP contribution in [0.5, 0.6) is 5.75 Å². The Kier molecular flexibility index (Phi) is 2.80. The summed E-state index contributed by atoms with van der Waals surface area (Å²) in [6.45, 7) is 0. The lowest BCUT2D eigenvalue weighted by Gasteiger charge is -2.08. The van der Waals surface area contributed by atoms with Crippen molar-refractivity contribution in [2.45, 2.75) is 0 Å². The molecule has 2 aromatic carbocycles. The number of anilines is 1. The number of methoxy groups -OCH3 is 1. The molecule has 3 nitrogen and oxygen atoms in total. The van der Waals surface area contributed by atoms with Crippen LogP contribution in [0.3, 0.4) is 0 Å².